The van der Waals surface area contributed by atoms with Crippen molar-refractivity contribution < 1.29 is 23.9 Å². The van der Waals surface area contributed by atoms with Crippen molar-refractivity contribution in [3.8, 4) is 0 Å². The molecule has 1 aromatic heterocycles. The average molecular weight is 472 g/mol. The van der Waals surface area contributed by atoms with Gasteiger partial charge in [0.2, 0.25) is 5.91 Å². The lowest BCUT2D eigenvalue weighted by atomic mass is 10.1. The lowest BCUT2D eigenvalue weighted by molar-refractivity contribution is -0.122. The molecule has 35 heavy (non-hydrogen) atoms. The predicted molar refractivity (Wildman–Crippen MR) is 129 cm³/mol. The molecule has 1 atom stereocenters. The number of benzene rings is 2. The molecule has 0 bridgehead atoms. The van der Waals surface area contributed by atoms with E-state index in [1.807, 2.05) is 19.1 Å². The first-order valence-corrected chi connectivity index (χ1v) is 11.3. The minimum atomic E-state index is -0.972. The summed E-state index contributed by atoms with van der Waals surface area (Å²) in [5.41, 5.74) is 2.74. The number of ether oxygens (including phenoxy) is 1. The average Bonchev–Trinajstić information content (AvgIpc) is 3.16. The van der Waals surface area contributed by atoms with Crippen LogP contribution in [0.1, 0.15) is 45.2 Å². The quantitative estimate of drug-likeness (QED) is 0.386. The van der Waals surface area contributed by atoms with Crippen LogP contribution in [0.15, 0.2) is 73.1 Å². The zero-order chi connectivity index (χ0) is 24.9. The third kappa shape index (κ3) is 5.11. The van der Waals surface area contributed by atoms with Crippen molar-refractivity contribution in [3.05, 3.63) is 95.3 Å². The van der Waals surface area contributed by atoms with E-state index in [1.165, 1.54) is 29.2 Å². The summed E-state index contributed by atoms with van der Waals surface area (Å²) in [5.74, 6) is -1.74. The maximum absolute atomic E-state index is 13.5. The van der Waals surface area contributed by atoms with E-state index in [2.05, 4.69) is 4.98 Å². The van der Waals surface area contributed by atoms with E-state index in [-0.39, 0.29) is 25.5 Å². The molecule has 0 radical (unpaired) electrons. The molecule has 1 fully saturated rings. The van der Waals surface area contributed by atoms with E-state index in [0.29, 0.717) is 16.8 Å². The first kappa shape index (κ1) is 23.8. The van der Waals surface area contributed by atoms with Crippen molar-refractivity contribution in [1.82, 2.24) is 9.88 Å². The summed E-state index contributed by atoms with van der Waals surface area (Å²) < 4.78 is 4.98. The number of pyridine rings is 1. The van der Waals surface area contributed by atoms with Gasteiger partial charge in [-0.2, -0.15) is 0 Å². The molecule has 1 aliphatic heterocycles. The number of rotatable bonds is 7. The number of esters is 1. The fourth-order valence-electron chi connectivity index (χ4n) is 4.05. The zero-order valence-electron chi connectivity index (χ0n) is 19.5. The number of amides is 3. The lowest BCUT2D eigenvalue weighted by Crippen LogP contribution is -2.45. The normalized spacial score (nSPS) is 15.3. The Kier molecular flexibility index (Phi) is 7.01. The highest BCUT2D eigenvalue weighted by Crippen LogP contribution is 2.28. The van der Waals surface area contributed by atoms with Gasteiger partial charge in [-0.25, -0.2) is 9.69 Å². The van der Waals surface area contributed by atoms with Gasteiger partial charge in [-0.15, -0.1) is 0 Å². The van der Waals surface area contributed by atoms with Crippen LogP contribution in [0.5, 0.6) is 0 Å². The van der Waals surface area contributed by atoms with Crippen LogP contribution < -0.4 is 4.90 Å². The van der Waals surface area contributed by atoms with Crippen LogP contribution in [-0.4, -0.2) is 46.2 Å². The molecule has 0 saturated carbocycles. The van der Waals surface area contributed by atoms with Crippen LogP contribution in [0, 0.1) is 6.92 Å². The Bertz CT molecular complexity index is 1260. The zero-order valence-corrected chi connectivity index (χ0v) is 19.5. The van der Waals surface area contributed by atoms with Gasteiger partial charge in [-0.05, 0) is 61.9 Å². The Morgan fingerprint density at radius 2 is 1.83 bits per heavy atom. The Morgan fingerprint density at radius 3 is 2.49 bits per heavy atom. The Balaban J connectivity index is 1.64. The Hall–Kier alpha value is -4.33. The van der Waals surface area contributed by atoms with Crippen molar-refractivity contribution >= 4 is 29.4 Å². The summed E-state index contributed by atoms with van der Waals surface area (Å²) in [6, 6.07) is 15.8. The second-order valence-electron chi connectivity index (χ2n) is 8.22. The molecule has 2 heterocycles. The van der Waals surface area contributed by atoms with E-state index in [1.54, 1.807) is 43.6 Å². The summed E-state index contributed by atoms with van der Waals surface area (Å²) in [6.45, 7) is 3.96. The summed E-state index contributed by atoms with van der Waals surface area (Å²) in [4.78, 5) is 58.5. The van der Waals surface area contributed by atoms with Crippen LogP contribution in [0.4, 0.5) is 5.69 Å². The van der Waals surface area contributed by atoms with Gasteiger partial charge in [0.1, 0.15) is 6.04 Å². The van der Waals surface area contributed by atoms with Crippen molar-refractivity contribution in [3.63, 3.8) is 0 Å². The number of anilines is 1. The van der Waals surface area contributed by atoms with Gasteiger partial charge in [0, 0.05) is 24.5 Å². The molecule has 3 amide bonds. The predicted octanol–water partition coefficient (Wildman–Crippen LogP) is 3.54. The highest BCUT2D eigenvalue weighted by atomic mass is 16.5. The summed E-state index contributed by atoms with van der Waals surface area (Å²) in [6.07, 6.45) is 3.11. The van der Waals surface area contributed by atoms with E-state index < -0.39 is 23.8 Å². The second kappa shape index (κ2) is 10.3. The first-order valence-electron chi connectivity index (χ1n) is 11.3. The highest BCUT2D eigenvalue weighted by Gasteiger charge is 2.44. The third-order valence-electron chi connectivity index (χ3n) is 5.74. The third-order valence-corrected chi connectivity index (χ3v) is 5.74. The fourth-order valence-corrected chi connectivity index (χ4v) is 4.05. The molecule has 8 heteroatoms. The lowest BCUT2D eigenvalue weighted by Gasteiger charge is -2.28. The molecule has 178 valence electrons. The number of aryl methyl sites for hydroxylation is 1. The van der Waals surface area contributed by atoms with Gasteiger partial charge in [0.05, 0.1) is 24.3 Å². The number of hydrogen-bond donors (Lipinski definition) is 0. The monoisotopic (exact) mass is 471 g/mol. The smallest absolute Gasteiger partial charge is 0.338 e. The maximum Gasteiger partial charge on any atom is 0.338 e. The molecule has 1 unspecified atom stereocenters. The van der Waals surface area contributed by atoms with Gasteiger partial charge in [0.25, 0.3) is 11.8 Å². The summed E-state index contributed by atoms with van der Waals surface area (Å²) in [7, 11) is 0. The van der Waals surface area contributed by atoms with Gasteiger partial charge in [0.15, 0.2) is 0 Å². The molecule has 1 saturated heterocycles. The molecule has 4 rings (SSSR count). The van der Waals surface area contributed by atoms with E-state index in [9.17, 15) is 19.2 Å². The van der Waals surface area contributed by atoms with Gasteiger partial charge in [-0.1, -0.05) is 23.8 Å². The number of hydrogen-bond acceptors (Lipinski definition) is 6. The first-order chi connectivity index (χ1) is 16.9. The topological polar surface area (TPSA) is 96.9 Å². The number of carbonyl (C=O) groups excluding carboxylic acids is 4. The van der Waals surface area contributed by atoms with Gasteiger partial charge < -0.3 is 9.64 Å². The minimum absolute atomic E-state index is 0.125. The highest BCUT2D eigenvalue weighted by molar-refractivity contribution is 6.23. The van der Waals surface area contributed by atoms with Crippen molar-refractivity contribution in [2.45, 2.75) is 32.9 Å². The van der Waals surface area contributed by atoms with Crippen LogP contribution in [0.3, 0.4) is 0 Å². The van der Waals surface area contributed by atoms with Crippen molar-refractivity contribution in [2.75, 3.05) is 11.5 Å². The van der Waals surface area contributed by atoms with Crippen LogP contribution in [-0.2, 0) is 20.9 Å². The molecule has 0 N–H and O–H groups in total. The largest absolute Gasteiger partial charge is 0.462 e. The molecule has 8 nitrogen and oxygen atoms in total. The van der Waals surface area contributed by atoms with Crippen molar-refractivity contribution in [1.29, 1.82) is 0 Å². The molecular weight excluding hydrogens is 446 g/mol. The van der Waals surface area contributed by atoms with Crippen LogP contribution >= 0.6 is 0 Å². The molecule has 1 aliphatic rings. The van der Waals surface area contributed by atoms with Gasteiger partial charge in [-0.3, -0.25) is 19.4 Å². The SMILES string of the molecule is CCOC(=O)c1ccc(N2C(=O)CC(N(Cc3cccnc3)C(=O)c3cccc(C)c3)C2=O)cc1. The van der Waals surface area contributed by atoms with Crippen LogP contribution in [0.2, 0.25) is 0 Å². The van der Waals surface area contributed by atoms with Gasteiger partial charge >= 0.3 is 5.97 Å². The Labute approximate surface area is 203 Å². The van der Waals surface area contributed by atoms with Crippen molar-refractivity contribution in [2.24, 2.45) is 0 Å². The van der Waals surface area contributed by atoms with E-state index in [0.717, 1.165) is 16.0 Å². The second-order valence-corrected chi connectivity index (χ2v) is 8.22. The minimum Gasteiger partial charge on any atom is -0.462 e. The van der Waals surface area contributed by atoms with E-state index >= 15 is 0 Å². The number of aromatic nitrogens is 1. The summed E-state index contributed by atoms with van der Waals surface area (Å²) in [5, 5.41) is 0. The number of nitrogens with zero attached hydrogens (tertiary/aromatic N) is 3. The van der Waals surface area contributed by atoms with E-state index in [4.69, 9.17) is 4.74 Å². The molecule has 0 aliphatic carbocycles. The molecule has 0 spiro atoms. The molecule has 2 aromatic carbocycles. The standard InChI is InChI=1S/C27H25N3O5/c1-3-35-27(34)20-9-11-22(12-10-20)30-24(31)15-23(26(30)33)29(17-19-7-5-13-28-16-19)25(32)21-8-4-6-18(2)14-21/h4-14,16,23H,3,15,17H2,1-2H3. The summed E-state index contributed by atoms with van der Waals surface area (Å²) >= 11 is 0. The number of imide groups is 1. The number of carbonyl (C=O) groups is 4. The Morgan fingerprint density at radius 1 is 1.06 bits per heavy atom. The van der Waals surface area contributed by atoms with Crippen LogP contribution in [0.25, 0.3) is 0 Å². The molecular formula is C27H25N3O5. The molecule has 3 aromatic rings. The maximum atomic E-state index is 13.5. The fraction of sp³-hybridized carbons (Fsp3) is 0.222.